The fraction of sp³-hybridized carbons (Fsp3) is 0.333. The number of likely N-dealkylation sites (N-methyl/N-ethyl adjacent to an activating group) is 1. The smallest absolute Gasteiger partial charge is 0.205 e. The molecule has 1 N–H and O–H groups in total. The lowest BCUT2D eigenvalue weighted by molar-refractivity contribution is 0.0993. The van der Waals surface area contributed by atoms with E-state index in [1.807, 2.05) is 0 Å². The minimum atomic E-state index is 0. The number of carbonyl (C=O) groups excluding carboxylic acids is 1. The van der Waals surface area contributed by atoms with Crippen LogP contribution in [-0.4, -0.2) is 24.4 Å². The third-order valence-corrected chi connectivity index (χ3v) is 1.82. The predicted octanol–water partition coefficient (Wildman–Crippen LogP) is 0.967. The Bertz CT molecular complexity index is 212. The molecule has 1 aromatic heterocycles. The van der Waals surface area contributed by atoms with Crippen molar-refractivity contribution in [1.29, 1.82) is 0 Å². The number of nitrogens with zero attached hydrogens (tertiary/aromatic N) is 1. The zero-order valence-corrected chi connectivity index (χ0v) is 7.67. The number of aromatic nitrogens is 1. The van der Waals surface area contributed by atoms with Crippen molar-refractivity contribution < 1.29 is 4.79 Å². The van der Waals surface area contributed by atoms with Gasteiger partial charge in [0.15, 0.2) is 5.01 Å². The van der Waals surface area contributed by atoms with Gasteiger partial charge < -0.3 is 5.32 Å². The predicted molar refractivity (Wildman–Crippen MR) is 47.6 cm³/mol. The number of nitrogens with one attached hydrogen (secondary N) is 1. The van der Waals surface area contributed by atoms with Crippen LogP contribution in [-0.2, 0) is 0 Å². The van der Waals surface area contributed by atoms with Crippen molar-refractivity contribution in [2.24, 2.45) is 0 Å². The summed E-state index contributed by atoms with van der Waals surface area (Å²) in [7, 11) is 1.74. The quantitative estimate of drug-likeness (QED) is 0.726. The van der Waals surface area contributed by atoms with Gasteiger partial charge in [-0.2, -0.15) is 0 Å². The summed E-state index contributed by atoms with van der Waals surface area (Å²) in [5.41, 5.74) is 0. The van der Waals surface area contributed by atoms with Crippen LogP contribution in [0.2, 0.25) is 0 Å². The summed E-state index contributed by atoms with van der Waals surface area (Å²) in [4.78, 5) is 14.9. The van der Waals surface area contributed by atoms with Gasteiger partial charge in [0.2, 0.25) is 5.78 Å². The van der Waals surface area contributed by atoms with Crippen molar-refractivity contribution in [2.45, 2.75) is 0 Å². The van der Waals surface area contributed by atoms with Crippen molar-refractivity contribution in [2.75, 3.05) is 13.6 Å². The summed E-state index contributed by atoms with van der Waals surface area (Å²) in [5.74, 6) is 0.0532. The molecule has 11 heavy (non-hydrogen) atoms. The van der Waals surface area contributed by atoms with Crippen LogP contribution in [0.25, 0.3) is 0 Å². The standard InChI is InChI=1S/C6H8N2OS.ClH/c1-7-4-5(9)6-8-2-3-10-6;/h2-3,7H,4H2,1H3;1H. The highest BCUT2D eigenvalue weighted by atomic mass is 35.5. The van der Waals surface area contributed by atoms with Gasteiger partial charge in [-0.3, -0.25) is 4.79 Å². The molecule has 62 valence electrons. The van der Waals surface area contributed by atoms with Crippen LogP contribution in [0, 0.1) is 0 Å². The monoisotopic (exact) mass is 192 g/mol. The van der Waals surface area contributed by atoms with Gasteiger partial charge in [0.05, 0.1) is 6.54 Å². The van der Waals surface area contributed by atoms with Gasteiger partial charge in [0, 0.05) is 11.6 Å². The van der Waals surface area contributed by atoms with Gasteiger partial charge >= 0.3 is 0 Å². The Balaban J connectivity index is 0.000001000. The van der Waals surface area contributed by atoms with E-state index in [-0.39, 0.29) is 18.2 Å². The zero-order valence-electron chi connectivity index (χ0n) is 6.03. The first-order chi connectivity index (χ1) is 4.84. The molecule has 0 saturated heterocycles. The van der Waals surface area contributed by atoms with Crippen LogP contribution in [0.15, 0.2) is 11.6 Å². The number of hydrogen-bond donors (Lipinski definition) is 1. The number of hydrogen-bond acceptors (Lipinski definition) is 4. The summed E-state index contributed by atoms with van der Waals surface area (Å²) in [5, 5.41) is 5.15. The molecule has 1 heterocycles. The van der Waals surface area contributed by atoms with Crippen LogP contribution in [0.4, 0.5) is 0 Å². The number of ketones is 1. The minimum absolute atomic E-state index is 0. The second kappa shape index (κ2) is 5.23. The van der Waals surface area contributed by atoms with E-state index in [9.17, 15) is 4.79 Å². The molecule has 0 aliphatic heterocycles. The molecule has 0 aliphatic carbocycles. The van der Waals surface area contributed by atoms with Crippen molar-refractivity contribution in [3.8, 4) is 0 Å². The minimum Gasteiger partial charge on any atom is -0.313 e. The highest BCUT2D eigenvalue weighted by Crippen LogP contribution is 2.03. The summed E-state index contributed by atoms with van der Waals surface area (Å²) < 4.78 is 0. The van der Waals surface area contributed by atoms with Crippen LogP contribution < -0.4 is 5.32 Å². The van der Waals surface area contributed by atoms with Gasteiger partial charge in [-0.25, -0.2) is 4.98 Å². The molecule has 0 saturated carbocycles. The Morgan fingerprint density at radius 1 is 1.82 bits per heavy atom. The molecule has 0 amide bonds. The molecule has 0 spiro atoms. The van der Waals surface area contributed by atoms with E-state index in [1.165, 1.54) is 11.3 Å². The molecule has 1 rings (SSSR count). The van der Waals surface area contributed by atoms with Crippen LogP contribution >= 0.6 is 23.7 Å². The molecule has 0 atom stereocenters. The SMILES string of the molecule is CNCC(=O)c1nccs1.Cl. The second-order valence-electron chi connectivity index (χ2n) is 1.79. The number of halogens is 1. The molecular formula is C6H9ClN2OS. The largest absolute Gasteiger partial charge is 0.313 e. The molecule has 1 aromatic rings. The molecule has 0 unspecified atom stereocenters. The normalized spacial score (nSPS) is 8.82. The van der Waals surface area contributed by atoms with E-state index in [1.54, 1.807) is 18.6 Å². The van der Waals surface area contributed by atoms with E-state index in [4.69, 9.17) is 0 Å². The van der Waals surface area contributed by atoms with Gasteiger partial charge in [0.25, 0.3) is 0 Å². The van der Waals surface area contributed by atoms with Gasteiger partial charge in [-0.1, -0.05) is 0 Å². The van der Waals surface area contributed by atoms with Crippen LogP contribution in [0.1, 0.15) is 9.80 Å². The maximum absolute atomic E-state index is 11.0. The molecule has 0 aliphatic rings. The third kappa shape index (κ3) is 2.96. The van der Waals surface area contributed by atoms with Crippen molar-refractivity contribution in [1.82, 2.24) is 10.3 Å². The van der Waals surface area contributed by atoms with Gasteiger partial charge in [0.1, 0.15) is 0 Å². The lowest BCUT2D eigenvalue weighted by Crippen LogP contribution is -2.18. The Morgan fingerprint density at radius 3 is 3.00 bits per heavy atom. The van der Waals surface area contributed by atoms with E-state index in [2.05, 4.69) is 10.3 Å². The van der Waals surface area contributed by atoms with E-state index in [0.29, 0.717) is 11.6 Å². The molecule has 0 radical (unpaired) electrons. The number of thiazole rings is 1. The molecule has 0 fully saturated rings. The maximum Gasteiger partial charge on any atom is 0.205 e. The first kappa shape index (κ1) is 10.6. The average molecular weight is 193 g/mol. The summed E-state index contributed by atoms with van der Waals surface area (Å²) in [6.45, 7) is 0.369. The summed E-state index contributed by atoms with van der Waals surface area (Å²) in [6.07, 6.45) is 1.63. The molecule has 0 bridgehead atoms. The molecule has 3 nitrogen and oxygen atoms in total. The fourth-order valence-electron chi connectivity index (χ4n) is 0.597. The Morgan fingerprint density at radius 2 is 2.55 bits per heavy atom. The van der Waals surface area contributed by atoms with E-state index in [0.717, 1.165) is 0 Å². The Labute approximate surface area is 75.3 Å². The van der Waals surface area contributed by atoms with Crippen LogP contribution in [0.5, 0.6) is 0 Å². The van der Waals surface area contributed by atoms with E-state index >= 15 is 0 Å². The Hall–Kier alpha value is -0.450. The van der Waals surface area contributed by atoms with Crippen molar-refractivity contribution in [3.05, 3.63) is 16.6 Å². The average Bonchev–Trinajstić information content (AvgIpc) is 2.38. The lowest BCUT2D eigenvalue weighted by atomic mass is 10.4. The number of carbonyl (C=O) groups is 1. The first-order valence-electron chi connectivity index (χ1n) is 2.92. The first-order valence-corrected chi connectivity index (χ1v) is 3.80. The highest BCUT2D eigenvalue weighted by molar-refractivity contribution is 7.11. The van der Waals surface area contributed by atoms with Gasteiger partial charge in [-0.15, -0.1) is 23.7 Å². The molecular weight excluding hydrogens is 184 g/mol. The number of Topliss-reactive ketones (excluding diaryl/α,β-unsaturated/α-hetero) is 1. The molecule has 5 heteroatoms. The highest BCUT2D eigenvalue weighted by Gasteiger charge is 2.04. The lowest BCUT2D eigenvalue weighted by Gasteiger charge is -1.91. The zero-order chi connectivity index (χ0) is 7.40. The van der Waals surface area contributed by atoms with E-state index < -0.39 is 0 Å². The topological polar surface area (TPSA) is 42.0 Å². The Kier molecular flexibility index (Phi) is 5.02. The third-order valence-electron chi connectivity index (χ3n) is 1.01. The second-order valence-corrected chi connectivity index (χ2v) is 2.69. The maximum atomic E-state index is 11.0. The molecule has 0 aromatic carbocycles. The van der Waals surface area contributed by atoms with Crippen molar-refractivity contribution in [3.63, 3.8) is 0 Å². The van der Waals surface area contributed by atoms with Crippen LogP contribution in [0.3, 0.4) is 0 Å². The summed E-state index contributed by atoms with van der Waals surface area (Å²) in [6, 6.07) is 0. The van der Waals surface area contributed by atoms with Crippen molar-refractivity contribution >= 4 is 29.5 Å². The summed E-state index contributed by atoms with van der Waals surface area (Å²) >= 11 is 1.37. The van der Waals surface area contributed by atoms with Gasteiger partial charge in [-0.05, 0) is 7.05 Å². The number of rotatable bonds is 3. The fourth-order valence-corrected chi connectivity index (χ4v) is 1.17.